The smallest absolute Gasteiger partial charge is 0.257 e. The summed E-state index contributed by atoms with van der Waals surface area (Å²) < 4.78 is 5.53. The number of benzene rings is 1. The minimum absolute atomic E-state index is 0.0345. The standard InChI is InChI=1S/C22H27N3O3/c1-3-28-21-18(12-11-16(2)23-21)20(26)24-19(15-17-9-5-4-6-10-17)22(27)25-13-7-8-14-25/h4-6,9-12,19H,3,7-8,13-15H2,1-2H3,(H,24,26)/t19-/m1/s1. The van der Waals surface area contributed by atoms with Gasteiger partial charge in [-0.05, 0) is 44.4 Å². The van der Waals surface area contributed by atoms with Crippen LogP contribution in [0.1, 0.15) is 41.4 Å². The van der Waals surface area contributed by atoms with Gasteiger partial charge in [-0.2, -0.15) is 0 Å². The Kier molecular flexibility index (Phi) is 6.63. The summed E-state index contributed by atoms with van der Waals surface area (Å²) >= 11 is 0. The summed E-state index contributed by atoms with van der Waals surface area (Å²) in [7, 11) is 0. The topological polar surface area (TPSA) is 71.5 Å². The first-order chi connectivity index (χ1) is 13.6. The minimum atomic E-state index is -0.622. The van der Waals surface area contributed by atoms with Gasteiger partial charge in [0.05, 0.1) is 6.61 Å². The van der Waals surface area contributed by atoms with E-state index in [2.05, 4.69) is 10.3 Å². The van der Waals surface area contributed by atoms with Crippen molar-refractivity contribution >= 4 is 11.8 Å². The van der Waals surface area contributed by atoms with Gasteiger partial charge in [-0.25, -0.2) is 4.98 Å². The molecule has 0 spiro atoms. The van der Waals surface area contributed by atoms with Crippen LogP contribution in [-0.2, 0) is 11.2 Å². The number of pyridine rings is 1. The van der Waals surface area contributed by atoms with Gasteiger partial charge in [0.1, 0.15) is 11.6 Å². The Morgan fingerprint density at radius 1 is 1.14 bits per heavy atom. The van der Waals surface area contributed by atoms with Crippen LogP contribution >= 0.6 is 0 Å². The Hall–Kier alpha value is -2.89. The number of carbonyl (C=O) groups excluding carboxylic acids is 2. The normalized spacial score (nSPS) is 14.6. The molecule has 6 heteroatoms. The molecule has 0 bridgehead atoms. The molecule has 0 aliphatic carbocycles. The molecular weight excluding hydrogens is 354 g/mol. The maximum Gasteiger partial charge on any atom is 0.257 e. The van der Waals surface area contributed by atoms with Gasteiger partial charge >= 0.3 is 0 Å². The van der Waals surface area contributed by atoms with Gasteiger partial charge in [0.2, 0.25) is 11.8 Å². The maximum atomic E-state index is 13.0. The van der Waals surface area contributed by atoms with Gasteiger partial charge in [-0.15, -0.1) is 0 Å². The van der Waals surface area contributed by atoms with E-state index in [-0.39, 0.29) is 11.8 Å². The van der Waals surface area contributed by atoms with E-state index in [9.17, 15) is 9.59 Å². The first-order valence-electron chi connectivity index (χ1n) is 9.82. The lowest BCUT2D eigenvalue weighted by Gasteiger charge is -2.24. The lowest BCUT2D eigenvalue weighted by molar-refractivity contribution is -0.132. The number of likely N-dealkylation sites (tertiary alicyclic amines) is 1. The fourth-order valence-corrected chi connectivity index (χ4v) is 3.40. The van der Waals surface area contributed by atoms with Crippen molar-refractivity contribution in [3.63, 3.8) is 0 Å². The zero-order chi connectivity index (χ0) is 19.9. The zero-order valence-electron chi connectivity index (χ0n) is 16.5. The van der Waals surface area contributed by atoms with Gasteiger partial charge in [-0.1, -0.05) is 30.3 Å². The molecule has 1 fully saturated rings. The van der Waals surface area contributed by atoms with Crippen molar-refractivity contribution in [2.75, 3.05) is 19.7 Å². The second kappa shape index (κ2) is 9.35. The number of ether oxygens (including phenoxy) is 1. The number of rotatable bonds is 7. The quantitative estimate of drug-likeness (QED) is 0.801. The van der Waals surface area contributed by atoms with Gasteiger partial charge in [-0.3, -0.25) is 9.59 Å². The van der Waals surface area contributed by atoms with Crippen LogP contribution in [0.2, 0.25) is 0 Å². The Bertz CT molecular complexity index is 817. The SMILES string of the molecule is CCOc1nc(C)ccc1C(=O)N[C@H](Cc1ccccc1)C(=O)N1CCCC1. The van der Waals surface area contributed by atoms with Gasteiger partial charge in [0, 0.05) is 25.2 Å². The molecule has 148 valence electrons. The first kappa shape index (κ1) is 19.9. The summed E-state index contributed by atoms with van der Waals surface area (Å²) in [6.07, 6.45) is 2.47. The summed E-state index contributed by atoms with van der Waals surface area (Å²) in [5.74, 6) is -0.0794. The predicted octanol–water partition coefficient (Wildman–Crippen LogP) is 2.75. The highest BCUT2D eigenvalue weighted by molar-refractivity contribution is 5.99. The molecule has 1 N–H and O–H groups in total. The summed E-state index contributed by atoms with van der Waals surface area (Å²) in [6, 6.07) is 12.6. The highest BCUT2D eigenvalue weighted by Gasteiger charge is 2.29. The van der Waals surface area contributed by atoms with Crippen LogP contribution in [0.5, 0.6) is 5.88 Å². The van der Waals surface area contributed by atoms with Crippen molar-refractivity contribution in [2.24, 2.45) is 0 Å². The van der Waals surface area contributed by atoms with Crippen molar-refractivity contribution in [3.05, 3.63) is 59.3 Å². The van der Waals surface area contributed by atoms with E-state index in [0.717, 1.165) is 37.2 Å². The number of amides is 2. The molecule has 3 rings (SSSR count). The molecule has 2 heterocycles. The summed E-state index contributed by atoms with van der Waals surface area (Å²) in [5, 5.41) is 2.93. The Balaban J connectivity index is 1.82. The summed E-state index contributed by atoms with van der Waals surface area (Å²) in [4.78, 5) is 32.2. The van der Waals surface area contributed by atoms with Gasteiger partial charge < -0.3 is 15.0 Å². The van der Waals surface area contributed by atoms with Crippen LogP contribution in [-0.4, -0.2) is 47.4 Å². The number of aryl methyl sites for hydroxylation is 1. The fraction of sp³-hybridized carbons (Fsp3) is 0.409. The van der Waals surface area contributed by atoms with Gasteiger partial charge in [0.15, 0.2) is 0 Å². The van der Waals surface area contributed by atoms with Crippen LogP contribution < -0.4 is 10.1 Å². The second-order valence-electron chi connectivity index (χ2n) is 6.99. The summed E-state index contributed by atoms with van der Waals surface area (Å²) in [5.41, 5.74) is 2.13. The third kappa shape index (κ3) is 4.88. The first-order valence-corrected chi connectivity index (χ1v) is 9.82. The number of nitrogens with one attached hydrogen (secondary N) is 1. The van der Waals surface area contributed by atoms with Crippen molar-refractivity contribution in [1.82, 2.24) is 15.2 Å². The minimum Gasteiger partial charge on any atom is -0.477 e. The van der Waals surface area contributed by atoms with Crippen LogP contribution in [0.4, 0.5) is 0 Å². The molecule has 1 aromatic heterocycles. The molecular formula is C22H27N3O3. The van der Waals surface area contributed by atoms with E-state index in [4.69, 9.17) is 4.74 Å². The number of carbonyl (C=O) groups is 2. The molecule has 0 unspecified atom stereocenters. The van der Waals surface area contributed by atoms with Gasteiger partial charge in [0.25, 0.3) is 5.91 Å². The number of hydrogen-bond acceptors (Lipinski definition) is 4. The highest BCUT2D eigenvalue weighted by Crippen LogP contribution is 2.18. The average Bonchev–Trinajstić information content (AvgIpc) is 3.23. The Morgan fingerprint density at radius 2 is 1.86 bits per heavy atom. The van der Waals surface area contributed by atoms with Crippen molar-refractivity contribution in [2.45, 2.75) is 39.2 Å². The molecule has 0 saturated carbocycles. The van der Waals surface area contributed by atoms with Crippen molar-refractivity contribution < 1.29 is 14.3 Å². The lowest BCUT2D eigenvalue weighted by Crippen LogP contribution is -2.49. The lowest BCUT2D eigenvalue weighted by atomic mass is 10.0. The maximum absolute atomic E-state index is 13.0. The molecule has 2 aromatic rings. The molecule has 2 amide bonds. The molecule has 28 heavy (non-hydrogen) atoms. The third-order valence-electron chi connectivity index (χ3n) is 4.83. The zero-order valence-corrected chi connectivity index (χ0v) is 16.5. The molecule has 1 aliphatic rings. The van der Waals surface area contributed by atoms with Crippen LogP contribution in [0.3, 0.4) is 0 Å². The number of hydrogen-bond donors (Lipinski definition) is 1. The van der Waals surface area contributed by atoms with Crippen molar-refractivity contribution in [1.29, 1.82) is 0 Å². The largest absolute Gasteiger partial charge is 0.477 e. The van der Waals surface area contributed by atoms with E-state index in [1.54, 1.807) is 12.1 Å². The molecule has 0 radical (unpaired) electrons. The predicted molar refractivity (Wildman–Crippen MR) is 107 cm³/mol. The van der Waals surface area contributed by atoms with Crippen LogP contribution in [0, 0.1) is 6.92 Å². The number of nitrogens with zero attached hydrogens (tertiary/aromatic N) is 2. The van der Waals surface area contributed by atoms with E-state index in [1.807, 2.05) is 49.1 Å². The highest BCUT2D eigenvalue weighted by atomic mass is 16.5. The molecule has 6 nitrogen and oxygen atoms in total. The summed E-state index contributed by atoms with van der Waals surface area (Å²) in [6.45, 7) is 5.60. The average molecular weight is 381 g/mol. The molecule has 1 atom stereocenters. The molecule has 1 aromatic carbocycles. The molecule has 1 saturated heterocycles. The second-order valence-corrected chi connectivity index (χ2v) is 6.99. The number of aromatic nitrogens is 1. The van der Waals surface area contributed by atoms with E-state index in [0.29, 0.717) is 24.5 Å². The Morgan fingerprint density at radius 3 is 2.54 bits per heavy atom. The van der Waals surface area contributed by atoms with E-state index >= 15 is 0 Å². The Labute approximate surface area is 165 Å². The fourth-order valence-electron chi connectivity index (χ4n) is 3.40. The van der Waals surface area contributed by atoms with Crippen molar-refractivity contribution in [3.8, 4) is 5.88 Å². The van der Waals surface area contributed by atoms with E-state index in [1.165, 1.54) is 0 Å². The van der Waals surface area contributed by atoms with E-state index < -0.39 is 6.04 Å². The van der Waals surface area contributed by atoms with Crippen LogP contribution in [0.25, 0.3) is 0 Å². The monoisotopic (exact) mass is 381 g/mol. The third-order valence-corrected chi connectivity index (χ3v) is 4.83. The molecule has 1 aliphatic heterocycles. The van der Waals surface area contributed by atoms with Crippen LogP contribution in [0.15, 0.2) is 42.5 Å².